The average Bonchev–Trinajstić information content (AvgIpc) is 2.57. The van der Waals surface area contributed by atoms with Crippen LogP contribution in [0.5, 0.6) is 11.5 Å². The number of benzene rings is 2. The maximum absolute atomic E-state index is 13.1. The summed E-state index contributed by atoms with van der Waals surface area (Å²) in [6.45, 7) is 5.22. The summed E-state index contributed by atoms with van der Waals surface area (Å²) in [4.78, 5) is 12.2. The summed E-state index contributed by atoms with van der Waals surface area (Å²) in [6, 6.07) is 11.5. The first-order valence-electron chi connectivity index (χ1n) is 8.06. The normalized spacial score (nSPS) is 10.3. The summed E-state index contributed by atoms with van der Waals surface area (Å²) in [5.74, 6) is 0.704. The second-order valence-corrected chi connectivity index (χ2v) is 5.16. The molecule has 0 fully saturated rings. The van der Waals surface area contributed by atoms with Crippen molar-refractivity contribution in [1.82, 2.24) is 5.32 Å². The van der Waals surface area contributed by atoms with Gasteiger partial charge >= 0.3 is 0 Å². The summed E-state index contributed by atoms with van der Waals surface area (Å²) in [5, 5.41) is 2.83. The molecule has 2 aromatic carbocycles. The highest BCUT2D eigenvalue weighted by Crippen LogP contribution is 2.28. The van der Waals surface area contributed by atoms with Crippen molar-refractivity contribution in [3.63, 3.8) is 0 Å². The van der Waals surface area contributed by atoms with Gasteiger partial charge < -0.3 is 14.8 Å². The number of ether oxygens (including phenoxy) is 2. The first-order valence-corrected chi connectivity index (χ1v) is 8.06. The molecule has 0 unspecified atom stereocenters. The van der Waals surface area contributed by atoms with Gasteiger partial charge in [0, 0.05) is 12.1 Å². The van der Waals surface area contributed by atoms with Gasteiger partial charge in [-0.25, -0.2) is 4.39 Å². The van der Waals surface area contributed by atoms with Crippen molar-refractivity contribution in [3.8, 4) is 11.5 Å². The number of rotatable bonds is 8. The third-order valence-electron chi connectivity index (χ3n) is 3.39. The second-order valence-electron chi connectivity index (χ2n) is 5.16. The Kier molecular flexibility index (Phi) is 6.61. The first-order chi connectivity index (χ1) is 11.6. The summed E-state index contributed by atoms with van der Waals surface area (Å²) in [6.07, 6.45) is 0.568. The third-order valence-corrected chi connectivity index (χ3v) is 3.39. The van der Waals surface area contributed by atoms with E-state index in [0.717, 1.165) is 5.56 Å². The van der Waals surface area contributed by atoms with E-state index in [2.05, 4.69) is 5.32 Å². The fourth-order valence-corrected chi connectivity index (χ4v) is 2.31. The number of amides is 1. The molecule has 0 aromatic heterocycles. The fourth-order valence-electron chi connectivity index (χ4n) is 2.31. The van der Waals surface area contributed by atoms with Crippen LogP contribution in [0, 0.1) is 5.82 Å². The summed E-state index contributed by atoms with van der Waals surface area (Å²) in [5.41, 5.74) is 1.35. The Hall–Kier alpha value is -2.56. The zero-order valence-corrected chi connectivity index (χ0v) is 14.0. The molecule has 0 aliphatic carbocycles. The van der Waals surface area contributed by atoms with E-state index < -0.39 is 0 Å². The maximum atomic E-state index is 13.1. The number of hydrogen-bond acceptors (Lipinski definition) is 3. The van der Waals surface area contributed by atoms with Gasteiger partial charge in [-0.15, -0.1) is 0 Å². The lowest BCUT2D eigenvalue weighted by molar-refractivity contribution is 0.0953. The zero-order valence-electron chi connectivity index (χ0n) is 14.0. The van der Waals surface area contributed by atoms with Crippen LogP contribution >= 0.6 is 0 Å². The van der Waals surface area contributed by atoms with Crippen molar-refractivity contribution >= 4 is 5.91 Å². The van der Waals surface area contributed by atoms with E-state index in [1.165, 1.54) is 12.1 Å². The molecule has 2 rings (SSSR count). The van der Waals surface area contributed by atoms with Crippen molar-refractivity contribution < 1.29 is 18.7 Å². The molecule has 1 N–H and O–H groups in total. The van der Waals surface area contributed by atoms with E-state index in [9.17, 15) is 9.18 Å². The van der Waals surface area contributed by atoms with Gasteiger partial charge in [0.25, 0.3) is 5.91 Å². The van der Waals surface area contributed by atoms with Crippen LogP contribution in [0.2, 0.25) is 0 Å². The number of carbonyl (C=O) groups excluding carboxylic acids is 1. The predicted molar refractivity (Wildman–Crippen MR) is 91.2 cm³/mol. The van der Waals surface area contributed by atoms with Crippen molar-refractivity contribution in [2.45, 2.75) is 20.3 Å². The third kappa shape index (κ3) is 4.98. The molecule has 4 nitrogen and oxygen atoms in total. The number of hydrogen-bond donors (Lipinski definition) is 1. The average molecular weight is 331 g/mol. The van der Waals surface area contributed by atoms with E-state index in [0.29, 0.717) is 43.2 Å². The van der Waals surface area contributed by atoms with Crippen LogP contribution in [-0.4, -0.2) is 25.7 Å². The quantitative estimate of drug-likeness (QED) is 0.804. The van der Waals surface area contributed by atoms with Gasteiger partial charge in [0.05, 0.1) is 13.2 Å². The Morgan fingerprint density at radius 1 is 1.04 bits per heavy atom. The van der Waals surface area contributed by atoms with E-state index in [1.807, 2.05) is 19.9 Å². The van der Waals surface area contributed by atoms with Crippen LogP contribution in [0.15, 0.2) is 42.5 Å². The van der Waals surface area contributed by atoms with Gasteiger partial charge in [-0.3, -0.25) is 4.79 Å². The predicted octanol–water partition coefficient (Wildman–Crippen LogP) is 3.60. The molecule has 0 spiro atoms. The van der Waals surface area contributed by atoms with Crippen LogP contribution < -0.4 is 14.8 Å². The van der Waals surface area contributed by atoms with Crippen LogP contribution in [-0.2, 0) is 6.42 Å². The SMILES string of the molecule is CCOc1ccc(C(=O)NCCc2cccc(F)c2)cc1OCC. The molecule has 1 amide bonds. The molecule has 128 valence electrons. The van der Waals surface area contributed by atoms with Crippen molar-refractivity contribution in [1.29, 1.82) is 0 Å². The smallest absolute Gasteiger partial charge is 0.251 e. The maximum Gasteiger partial charge on any atom is 0.251 e. The molecule has 0 radical (unpaired) electrons. The largest absolute Gasteiger partial charge is 0.490 e. The van der Waals surface area contributed by atoms with Gasteiger partial charge in [0.1, 0.15) is 5.82 Å². The molecular weight excluding hydrogens is 309 g/mol. The lowest BCUT2D eigenvalue weighted by Gasteiger charge is -2.12. The zero-order chi connectivity index (χ0) is 17.4. The summed E-state index contributed by atoms with van der Waals surface area (Å²) in [7, 11) is 0. The minimum atomic E-state index is -0.272. The summed E-state index contributed by atoms with van der Waals surface area (Å²) < 4.78 is 24.1. The Labute approximate surface area is 141 Å². The minimum absolute atomic E-state index is 0.199. The Balaban J connectivity index is 1.97. The van der Waals surface area contributed by atoms with Gasteiger partial charge in [0.15, 0.2) is 11.5 Å². The monoisotopic (exact) mass is 331 g/mol. The highest BCUT2D eigenvalue weighted by atomic mass is 19.1. The molecule has 0 bridgehead atoms. The molecule has 0 heterocycles. The molecule has 2 aromatic rings. The molecule has 0 aliphatic heterocycles. The van der Waals surface area contributed by atoms with Crippen LogP contribution in [0.1, 0.15) is 29.8 Å². The molecule has 24 heavy (non-hydrogen) atoms. The van der Waals surface area contributed by atoms with Crippen molar-refractivity contribution in [3.05, 3.63) is 59.4 Å². The molecule has 0 aliphatic rings. The van der Waals surface area contributed by atoms with Crippen molar-refractivity contribution in [2.75, 3.05) is 19.8 Å². The Morgan fingerprint density at radius 3 is 2.50 bits per heavy atom. The van der Waals surface area contributed by atoms with Crippen LogP contribution in [0.25, 0.3) is 0 Å². The lowest BCUT2D eigenvalue weighted by Crippen LogP contribution is -2.25. The number of halogens is 1. The molecule has 0 saturated heterocycles. The van der Waals surface area contributed by atoms with E-state index >= 15 is 0 Å². The second kappa shape index (κ2) is 8.91. The van der Waals surface area contributed by atoms with Crippen LogP contribution in [0.4, 0.5) is 4.39 Å². The summed E-state index contributed by atoms with van der Waals surface area (Å²) >= 11 is 0. The molecular formula is C19H22FNO3. The van der Waals surface area contributed by atoms with E-state index in [1.54, 1.807) is 24.3 Å². The van der Waals surface area contributed by atoms with E-state index in [4.69, 9.17) is 9.47 Å². The van der Waals surface area contributed by atoms with Gasteiger partial charge in [-0.05, 0) is 56.2 Å². The van der Waals surface area contributed by atoms with Crippen LogP contribution in [0.3, 0.4) is 0 Å². The minimum Gasteiger partial charge on any atom is -0.490 e. The highest BCUT2D eigenvalue weighted by Gasteiger charge is 2.11. The Bertz CT molecular complexity index is 688. The van der Waals surface area contributed by atoms with Gasteiger partial charge in [-0.2, -0.15) is 0 Å². The highest BCUT2D eigenvalue weighted by molar-refractivity contribution is 5.94. The molecule has 0 atom stereocenters. The fraction of sp³-hybridized carbons (Fsp3) is 0.316. The number of nitrogens with one attached hydrogen (secondary N) is 1. The van der Waals surface area contributed by atoms with Gasteiger partial charge in [0.2, 0.25) is 0 Å². The lowest BCUT2D eigenvalue weighted by atomic mass is 10.1. The topological polar surface area (TPSA) is 47.6 Å². The van der Waals surface area contributed by atoms with Crippen molar-refractivity contribution in [2.24, 2.45) is 0 Å². The molecule has 0 saturated carbocycles. The first kappa shape index (κ1) is 17.8. The number of carbonyl (C=O) groups is 1. The Morgan fingerprint density at radius 2 is 1.79 bits per heavy atom. The van der Waals surface area contributed by atoms with Gasteiger partial charge in [-0.1, -0.05) is 12.1 Å². The van der Waals surface area contributed by atoms with E-state index in [-0.39, 0.29) is 11.7 Å². The standard InChI is InChI=1S/C19H22FNO3/c1-3-23-17-9-8-15(13-18(17)24-4-2)19(22)21-11-10-14-6-5-7-16(20)12-14/h5-9,12-13H,3-4,10-11H2,1-2H3,(H,21,22). The molecule has 5 heteroatoms.